The number of phosphoric ester groups is 6. The molecule has 0 radical (unpaired) electrons. The lowest BCUT2D eigenvalue weighted by molar-refractivity contribution is -0.139. The molecule has 1 rings (SSSR count). The summed E-state index contributed by atoms with van der Waals surface area (Å²) in [5.41, 5.74) is -3.34. The molecule has 704 valence electrons. The van der Waals surface area contributed by atoms with Crippen molar-refractivity contribution in [2.24, 2.45) is 35.5 Å². The summed E-state index contributed by atoms with van der Waals surface area (Å²) >= 11 is 0. The smallest absolute Gasteiger partial charge is 0.393 e. The normalized spacial score (nSPS) is 14.9. The van der Waals surface area contributed by atoms with Crippen molar-refractivity contribution in [2.75, 3.05) is 19.8 Å². The average Bonchev–Trinajstić information content (AvgIpc) is 0.815. The van der Waals surface area contributed by atoms with Gasteiger partial charge in [-0.05, 0) is 167 Å². The van der Waals surface area contributed by atoms with E-state index < -0.39 is 88.0 Å². The lowest BCUT2D eigenvalue weighted by atomic mass is 9.94. The Morgan fingerprint density at radius 2 is 0.563 bits per heavy atom. The molecule has 0 aromatic heterocycles. The van der Waals surface area contributed by atoms with Gasteiger partial charge in [-0.3, -0.25) is 75.1 Å². The molecule has 16 N–H and O–H groups in total. The molecule has 119 heavy (non-hydrogen) atoms. The van der Waals surface area contributed by atoms with Gasteiger partial charge in [-0.15, -0.1) is 0 Å². The minimum absolute atomic E-state index is 0.0158. The molecule has 0 saturated carbocycles. The fourth-order valence-corrected chi connectivity index (χ4v) is 13.6. The van der Waals surface area contributed by atoms with Crippen LogP contribution in [-0.4, -0.2) is 188 Å². The van der Waals surface area contributed by atoms with E-state index in [9.17, 15) is 85.5 Å². The number of aliphatic hydroxyl groups excluding tert-OH is 2. The Kier molecular flexibility index (Phi) is 66.6. The molecule has 1 fully saturated rings. The molecule has 4 atom stereocenters. The van der Waals surface area contributed by atoms with Crippen LogP contribution in [-0.2, 0) is 102 Å². The van der Waals surface area contributed by atoms with Crippen molar-refractivity contribution < 1.29 is 171 Å². The van der Waals surface area contributed by atoms with Crippen LogP contribution in [0.4, 0.5) is 0 Å². The fraction of sp³-hybridized carbons (Fsp3) is 0.867. The largest absolute Gasteiger partial charge is 0.470 e. The summed E-state index contributed by atoms with van der Waals surface area (Å²) in [5, 5.41) is 24.6. The van der Waals surface area contributed by atoms with Crippen LogP contribution in [0.25, 0.3) is 0 Å². The Bertz CT molecular complexity index is 3190. The van der Waals surface area contributed by atoms with Crippen LogP contribution in [0, 0.1) is 35.5 Å². The summed E-state index contributed by atoms with van der Waals surface area (Å²) in [6.45, 7) is 32.8. The maximum atomic E-state index is 11.9. The summed E-state index contributed by atoms with van der Waals surface area (Å²) in [4.78, 5) is 219. The Balaban J connectivity index is -0.000000437. The molecule has 0 aromatic carbocycles. The third kappa shape index (κ3) is 92.4. The number of amides is 2. The molecule has 38 nitrogen and oxygen atoms in total. The quantitative estimate of drug-likeness (QED) is 0.0199. The zero-order valence-electron chi connectivity index (χ0n) is 73.2. The first-order valence-corrected chi connectivity index (χ1v) is 49.5. The number of nitrogens with one attached hydrogen (secondary N) is 2. The van der Waals surface area contributed by atoms with Crippen molar-refractivity contribution in [3.8, 4) is 0 Å². The minimum atomic E-state index is -4.66. The second-order valence-corrected chi connectivity index (χ2v) is 40.9. The number of rotatable bonds is 60. The van der Waals surface area contributed by atoms with Crippen molar-refractivity contribution in [1.29, 1.82) is 0 Å². The number of carbonyl (C=O) groups is 10. The lowest BCUT2D eigenvalue weighted by Gasteiger charge is -2.35. The van der Waals surface area contributed by atoms with Crippen molar-refractivity contribution in [2.45, 2.75) is 365 Å². The Labute approximate surface area is 704 Å². The maximum Gasteiger partial charge on any atom is 0.470 e. The maximum absolute atomic E-state index is 11.9. The van der Waals surface area contributed by atoms with Gasteiger partial charge < -0.3 is 79.6 Å². The van der Waals surface area contributed by atoms with Crippen LogP contribution in [0.15, 0.2) is 0 Å². The van der Waals surface area contributed by atoms with E-state index >= 15 is 0 Å². The second kappa shape index (κ2) is 63.7. The monoisotopic (exact) mass is 1840 g/mol. The van der Waals surface area contributed by atoms with E-state index in [1.807, 2.05) is 55.4 Å². The highest BCUT2D eigenvalue weighted by Gasteiger charge is 2.41. The number of carbonyl (C=O) groups excluding carboxylic acids is 10. The van der Waals surface area contributed by atoms with Gasteiger partial charge in [0.1, 0.15) is 58.3 Å². The van der Waals surface area contributed by atoms with E-state index in [1.54, 1.807) is 13.8 Å². The number of Topliss-reactive ketones (excluding diaryl/α,β-unsaturated/α-hetero) is 8. The summed E-state index contributed by atoms with van der Waals surface area (Å²) in [6.07, 6.45) is 11.1. The van der Waals surface area contributed by atoms with Gasteiger partial charge in [0.15, 0.2) is 0 Å². The first-order chi connectivity index (χ1) is 53.8. The first kappa shape index (κ1) is 124. The predicted octanol–water partition coefficient (Wildman–Crippen LogP) is 12.2. The zero-order chi connectivity index (χ0) is 93.7. The van der Waals surface area contributed by atoms with Gasteiger partial charge in [0.2, 0.25) is 11.8 Å². The van der Waals surface area contributed by atoms with Crippen molar-refractivity contribution in [1.82, 2.24) is 10.6 Å². The number of phosphoric acid groups is 6. The van der Waals surface area contributed by atoms with Gasteiger partial charge in [-0.25, -0.2) is 27.4 Å². The zero-order valence-corrected chi connectivity index (χ0v) is 78.6. The molecule has 44 heteroatoms. The molecule has 1 heterocycles. The molecule has 0 aliphatic carbocycles. The Morgan fingerprint density at radius 3 is 0.849 bits per heavy atom. The summed E-state index contributed by atoms with van der Waals surface area (Å²) in [6, 6.07) is -1.47. The summed E-state index contributed by atoms with van der Waals surface area (Å²) in [5.74, 6) is 1.87. The molecule has 0 aromatic rings. The number of aliphatic hydroxyl groups is 2. The second-order valence-electron chi connectivity index (χ2n) is 33.7. The van der Waals surface area contributed by atoms with Gasteiger partial charge >= 0.3 is 46.9 Å². The Hall–Kier alpha value is -3.12. The van der Waals surface area contributed by atoms with Crippen molar-refractivity contribution in [3.05, 3.63) is 0 Å². The fourth-order valence-electron chi connectivity index (χ4n) is 10.3. The van der Waals surface area contributed by atoms with E-state index in [1.165, 1.54) is 27.7 Å². The average molecular weight is 1840 g/mol. The Morgan fingerprint density at radius 1 is 0.311 bits per heavy atom. The van der Waals surface area contributed by atoms with Crippen LogP contribution in [0.5, 0.6) is 0 Å². The van der Waals surface area contributed by atoms with E-state index in [4.69, 9.17) is 58.7 Å². The van der Waals surface area contributed by atoms with Gasteiger partial charge in [0.25, 0.3) is 0 Å². The highest BCUT2D eigenvalue weighted by molar-refractivity contribution is 7.47. The van der Waals surface area contributed by atoms with Gasteiger partial charge in [0, 0.05) is 109 Å². The minimum Gasteiger partial charge on any atom is -0.393 e. The van der Waals surface area contributed by atoms with Crippen LogP contribution in [0.2, 0.25) is 0 Å². The molecule has 1 saturated heterocycles. The predicted molar refractivity (Wildman–Crippen MR) is 444 cm³/mol. The third-order valence-electron chi connectivity index (χ3n) is 17.0. The van der Waals surface area contributed by atoms with Crippen molar-refractivity contribution >= 4 is 105 Å². The molecule has 4 unspecified atom stereocenters. The molecule has 1 aliphatic heterocycles. The van der Waals surface area contributed by atoms with Gasteiger partial charge in [0.05, 0.1) is 48.8 Å². The molecule has 1 aliphatic rings. The van der Waals surface area contributed by atoms with Gasteiger partial charge in [-0.2, -0.15) is 0 Å². The van der Waals surface area contributed by atoms with E-state index in [0.29, 0.717) is 100 Å². The third-order valence-corrected chi connectivity index (χ3v) is 20.7. The molecular formula is C75H148N2O36P6. The van der Waals surface area contributed by atoms with Crippen LogP contribution in [0.3, 0.4) is 0 Å². The number of piperazine rings is 1. The standard InChI is InChI=1S/C14H29O6P.C14H27O6P.C12H25O6P.2C12H23O6P.C11H21N2O6P/c2*1-11(2)5-6-12(15)7-8-13(16)9-10-14(3,4)20-21(17,18)19;3*1-10(2)5-6-12(14)8-7-11(13)4-3-9-18-19(15,16)17;1-6(2)8-10(15)12-7(9(14)13-8)5-11(3,4)19-20(16,17)18/h11,13,16H,5-10H2,1-4H3,(H2,17,18,19);11H,5-10H2,1-4H3,(H2,17,18,19);10,12,14H,3-9H2,1-2H3,(H2,15,16,17);2*10H,3-9H2,1-2H3,(H2,15,16,17);6-8H,5H2,1-4H3,(H,12,15)(H,13,14)(H2,16,17,18). The molecular weight excluding hydrogens is 1690 g/mol. The van der Waals surface area contributed by atoms with E-state index in [2.05, 4.69) is 65.5 Å². The lowest BCUT2D eigenvalue weighted by Crippen LogP contribution is -2.64. The number of hydrogen-bond donors (Lipinski definition) is 16. The topological polar surface area (TPSA) is 636 Å². The molecule has 0 bridgehead atoms. The number of hydrogen-bond acceptors (Lipinski definition) is 24. The van der Waals surface area contributed by atoms with E-state index in [0.717, 1.165) is 32.1 Å². The first-order valence-electron chi connectivity index (χ1n) is 40.3. The van der Waals surface area contributed by atoms with Crippen LogP contribution < -0.4 is 10.6 Å². The van der Waals surface area contributed by atoms with Crippen LogP contribution in [0.1, 0.15) is 324 Å². The highest BCUT2D eigenvalue weighted by atomic mass is 31.2. The summed E-state index contributed by atoms with van der Waals surface area (Å²) in [7, 11) is -27.1. The van der Waals surface area contributed by atoms with Crippen LogP contribution >= 0.6 is 46.9 Å². The van der Waals surface area contributed by atoms with E-state index in [-0.39, 0.29) is 180 Å². The molecule has 2 amide bonds. The van der Waals surface area contributed by atoms with Gasteiger partial charge in [-0.1, -0.05) is 83.1 Å². The molecule has 0 spiro atoms. The SMILES string of the molecule is CC(C)C1NC(=O)C(CC(C)(C)OP(=O)(O)O)NC1=O.CC(C)CCC(=O)CCC(=O)CCC(C)(C)OP(=O)(O)O.CC(C)CCC(=O)CCC(=O)CCCOP(=O)(O)O.CC(C)CCC(=O)CCC(=O)CCCOP(=O)(O)O.CC(C)CCC(=O)CCC(O)CCC(C)(C)OP(=O)(O)O.CC(C)CCC(O)CCC(=O)CCCOP(=O)(O)O. The number of ketones is 8. The van der Waals surface area contributed by atoms with Crippen molar-refractivity contribution in [3.63, 3.8) is 0 Å². The highest BCUT2D eigenvalue weighted by Crippen LogP contribution is 2.45. The summed E-state index contributed by atoms with van der Waals surface area (Å²) < 4.78 is 90.1.